The van der Waals surface area contributed by atoms with Gasteiger partial charge in [-0.3, -0.25) is 4.98 Å². The van der Waals surface area contributed by atoms with Crippen LogP contribution in [0.15, 0.2) is 55.0 Å². The highest BCUT2D eigenvalue weighted by Crippen LogP contribution is 2.34. The number of fused-ring (bicyclic) bond motifs is 1. The lowest BCUT2D eigenvalue weighted by molar-refractivity contribution is 0.418. The van der Waals surface area contributed by atoms with Crippen LogP contribution in [0.1, 0.15) is 0 Å². The van der Waals surface area contributed by atoms with E-state index in [2.05, 4.69) is 25.5 Å². The Balaban J connectivity index is 1.59. The molecule has 0 saturated carbocycles. The van der Waals surface area contributed by atoms with Crippen LogP contribution in [0.5, 0.6) is 5.75 Å². The molecular weight excluding hydrogens is 409 g/mol. The van der Waals surface area contributed by atoms with Gasteiger partial charge < -0.3 is 20.3 Å². The van der Waals surface area contributed by atoms with Crippen LogP contribution in [-0.2, 0) is 0 Å². The van der Waals surface area contributed by atoms with Crippen LogP contribution < -0.4 is 20.3 Å². The third-order valence-corrected chi connectivity index (χ3v) is 5.34. The van der Waals surface area contributed by atoms with Gasteiger partial charge in [0.15, 0.2) is 5.82 Å². The molecule has 2 N–H and O–H groups in total. The minimum absolute atomic E-state index is 0.346. The maximum absolute atomic E-state index is 14.1. The van der Waals surface area contributed by atoms with E-state index in [1.807, 2.05) is 12.1 Å². The maximum atomic E-state index is 14.1. The zero-order chi connectivity index (χ0) is 21.9. The van der Waals surface area contributed by atoms with E-state index in [0.29, 0.717) is 28.6 Å². The molecule has 1 aliphatic heterocycles. The molecule has 0 unspecified atom stereocenters. The maximum Gasteiger partial charge on any atom is 0.162 e. The second-order valence-electron chi connectivity index (χ2n) is 7.38. The number of halogens is 1. The molecule has 1 aliphatic rings. The van der Waals surface area contributed by atoms with Crippen LogP contribution in [0.4, 0.5) is 21.7 Å². The van der Waals surface area contributed by atoms with Crippen LogP contribution in [0.2, 0.25) is 0 Å². The Labute approximate surface area is 184 Å². The van der Waals surface area contributed by atoms with Gasteiger partial charge in [0, 0.05) is 37.9 Å². The number of nitrogens with zero attached hydrogens (tertiary/aromatic N) is 5. The molecular formula is C23H22FN7O. The molecule has 0 radical (unpaired) electrons. The van der Waals surface area contributed by atoms with E-state index in [-0.39, 0.29) is 5.82 Å². The van der Waals surface area contributed by atoms with E-state index in [1.165, 1.54) is 6.07 Å². The van der Waals surface area contributed by atoms with Crippen molar-refractivity contribution in [3.05, 3.63) is 60.8 Å². The first kappa shape index (κ1) is 20.1. The van der Waals surface area contributed by atoms with Crippen LogP contribution in [0.25, 0.3) is 22.3 Å². The second kappa shape index (κ2) is 8.72. The van der Waals surface area contributed by atoms with E-state index in [0.717, 1.165) is 42.9 Å². The van der Waals surface area contributed by atoms with Gasteiger partial charge in [-0.1, -0.05) is 12.1 Å². The van der Waals surface area contributed by atoms with Gasteiger partial charge in [0.1, 0.15) is 23.2 Å². The number of anilines is 3. The Kier molecular flexibility index (Phi) is 5.47. The molecule has 1 aromatic carbocycles. The molecule has 5 rings (SSSR count). The molecule has 8 nitrogen and oxygen atoms in total. The number of aromatic nitrogens is 4. The highest BCUT2D eigenvalue weighted by Gasteiger charge is 2.20. The second-order valence-corrected chi connectivity index (χ2v) is 7.38. The van der Waals surface area contributed by atoms with E-state index < -0.39 is 0 Å². The van der Waals surface area contributed by atoms with Crippen LogP contribution >= 0.6 is 0 Å². The summed E-state index contributed by atoms with van der Waals surface area (Å²) < 4.78 is 19.6. The molecule has 4 aromatic rings. The first-order valence-corrected chi connectivity index (χ1v) is 10.4. The van der Waals surface area contributed by atoms with Crippen LogP contribution in [-0.4, -0.2) is 53.2 Å². The smallest absolute Gasteiger partial charge is 0.162 e. The molecule has 0 amide bonds. The van der Waals surface area contributed by atoms with E-state index in [1.54, 1.807) is 43.9 Å². The average Bonchev–Trinajstić information content (AvgIpc) is 2.85. The van der Waals surface area contributed by atoms with E-state index in [9.17, 15) is 4.39 Å². The molecule has 0 aliphatic carbocycles. The molecule has 32 heavy (non-hydrogen) atoms. The lowest BCUT2D eigenvalue weighted by Gasteiger charge is -2.29. The SMILES string of the molecule is COc1cncc2nc(-c3ccnc(Nc4ccccc4F)c3)nc(N3CCNCC3)c12. The van der Waals surface area contributed by atoms with Gasteiger partial charge in [-0.15, -0.1) is 0 Å². The number of benzene rings is 1. The summed E-state index contributed by atoms with van der Waals surface area (Å²) in [6.45, 7) is 3.40. The van der Waals surface area contributed by atoms with Crippen LogP contribution in [0, 0.1) is 5.82 Å². The van der Waals surface area contributed by atoms with Crippen molar-refractivity contribution in [1.29, 1.82) is 0 Å². The van der Waals surface area contributed by atoms with Gasteiger partial charge in [0.25, 0.3) is 0 Å². The lowest BCUT2D eigenvalue weighted by atomic mass is 10.2. The number of methoxy groups -OCH3 is 1. The summed E-state index contributed by atoms with van der Waals surface area (Å²) in [5.41, 5.74) is 1.82. The summed E-state index contributed by atoms with van der Waals surface area (Å²) in [6.07, 6.45) is 5.05. The number of hydrogen-bond donors (Lipinski definition) is 2. The standard InChI is InChI=1S/C23H22FN7O/c1-32-19-14-26-13-18-21(19)23(31-10-8-25-9-11-31)30-22(29-18)15-6-7-27-20(12-15)28-17-5-3-2-4-16(17)24/h2-7,12-14,25H,8-11H2,1H3,(H,27,28). The Hall–Kier alpha value is -3.85. The zero-order valence-electron chi connectivity index (χ0n) is 17.5. The summed E-state index contributed by atoms with van der Waals surface area (Å²) in [4.78, 5) is 20.5. The molecule has 0 spiro atoms. The highest BCUT2D eigenvalue weighted by atomic mass is 19.1. The van der Waals surface area contributed by atoms with Crippen molar-refractivity contribution in [2.24, 2.45) is 0 Å². The van der Waals surface area contributed by atoms with Crippen molar-refractivity contribution >= 4 is 28.2 Å². The van der Waals surface area contributed by atoms with Gasteiger partial charge >= 0.3 is 0 Å². The Morgan fingerprint density at radius 1 is 1.09 bits per heavy atom. The van der Waals surface area contributed by atoms with Crippen molar-refractivity contribution in [2.75, 3.05) is 43.5 Å². The predicted molar refractivity (Wildman–Crippen MR) is 122 cm³/mol. The van der Waals surface area contributed by atoms with Crippen molar-refractivity contribution in [3.63, 3.8) is 0 Å². The van der Waals surface area contributed by atoms with Gasteiger partial charge in [0.05, 0.1) is 36.1 Å². The van der Waals surface area contributed by atoms with Gasteiger partial charge in [0.2, 0.25) is 0 Å². The molecule has 162 valence electrons. The monoisotopic (exact) mass is 431 g/mol. The van der Waals surface area contributed by atoms with E-state index >= 15 is 0 Å². The number of pyridine rings is 2. The van der Waals surface area contributed by atoms with Crippen molar-refractivity contribution in [1.82, 2.24) is 25.3 Å². The fourth-order valence-electron chi connectivity index (χ4n) is 3.76. The number of hydrogen-bond acceptors (Lipinski definition) is 8. The van der Waals surface area contributed by atoms with Gasteiger partial charge in [-0.25, -0.2) is 19.3 Å². The molecule has 4 heterocycles. The number of rotatable bonds is 5. The van der Waals surface area contributed by atoms with Crippen molar-refractivity contribution in [3.8, 4) is 17.1 Å². The first-order chi connectivity index (χ1) is 15.7. The van der Waals surface area contributed by atoms with E-state index in [4.69, 9.17) is 14.7 Å². The quantitative estimate of drug-likeness (QED) is 0.497. The Morgan fingerprint density at radius 3 is 2.75 bits per heavy atom. The summed E-state index contributed by atoms with van der Waals surface area (Å²) in [5, 5.41) is 7.23. The molecule has 0 atom stereocenters. The topological polar surface area (TPSA) is 88.1 Å². The number of para-hydroxylation sites is 1. The number of piperazine rings is 1. The molecule has 9 heteroatoms. The summed E-state index contributed by atoms with van der Waals surface area (Å²) >= 11 is 0. The number of ether oxygens (including phenoxy) is 1. The third kappa shape index (κ3) is 3.90. The minimum Gasteiger partial charge on any atom is -0.494 e. The zero-order valence-corrected chi connectivity index (χ0v) is 17.5. The minimum atomic E-state index is -0.346. The molecule has 0 bridgehead atoms. The largest absolute Gasteiger partial charge is 0.494 e. The Morgan fingerprint density at radius 2 is 1.94 bits per heavy atom. The fourth-order valence-corrected chi connectivity index (χ4v) is 3.76. The molecule has 1 saturated heterocycles. The predicted octanol–water partition coefficient (Wildman–Crippen LogP) is 3.39. The number of nitrogens with one attached hydrogen (secondary N) is 2. The molecule has 1 fully saturated rings. The summed E-state index contributed by atoms with van der Waals surface area (Å²) in [5.74, 6) is 2.15. The summed E-state index contributed by atoms with van der Waals surface area (Å²) in [7, 11) is 1.62. The highest BCUT2D eigenvalue weighted by molar-refractivity contribution is 5.95. The summed E-state index contributed by atoms with van der Waals surface area (Å²) in [6, 6.07) is 10.1. The first-order valence-electron chi connectivity index (χ1n) is 10.4. The lowest BCUT2D eigenvalue weighted by Crippen LogP contribution is -2.44. The van der Waals surface area contributed by atoms with Gasteiger partial charge in [-0.05, 0) is 24.3 Å². The molecule has 3 aromatic heterocycles. The average molecular weight is 431 g/mol. The third-order valence-electron chi connectivity index (χ3n) is 5.34. The van der Waals surface area contributed by atoms with Gasteiger partial charge in [-0.2, -0.15) is 0 Å². The Bertz CT molecular complexity index is 1260. The van der Waals surface area contributed by atoms with Crippen LogP contribution in [0.3, 0.4) is 0 Å². The normalized spacial score (nSPS) is 13.9. The van der Waals surface area contributed by atoms with Crippen molar-refractivity contribution in [2.45, 2.75) is 0 Å². The van der Waals surface area contributed by atoms with Crippen molar-refractivity contribution < 1.29 is 9.13 Å². The fraction of sp³-hybridized carbons (Fsp3) is 0.217.